The number of hydrogen-bond donors (Lipinski definition) is 1. The molecule has 116 valence electrons. The smallest absolute Gasteiger partial charge is 0.224 e. The van der Waals surface area contributed by atoms with E-state index in [0.29, 0.717) is 12.1 Å². The summed E-state index contributed by atoms with van der Waals surface area (Å²) in [5.74, 6) is -0.380. The molecule has 1 N–H and O–H groups in total. The van der Waals surface area contributed by atoms with Crippen LogP contribution in [0.5, 0.6) is 0 Å². The fourth-order valence-corrected chi connectivity index (χ4v) is 2.87. The SMILES string of the molecule is CN1Cc2cccn2CC1CNC(=O)Cc1cccc(F)c1. The number of nitrogens with one attached hydrogen (secondary N) is 1. The minimum atomic E-state index is -0.308. The van der Waals surface area contributed by atoms with Crippen molar-refractivity contribution in [2.45, 2.75) is 25.6 Å². The fourth-order valence-electron chi connectivity index (χ4n) is 2.87. The topological polar surface area (TPSA) is 37.3 Å². The molecule has 2 heterocycles. The van der Waals surface area contributed by atoms with Gasteiger partial charge in [-0.25, -0.2) is 4.39 Å². The molecule has 5 heteroatoms. The van der Waals surface area contributed by atoms with E-state index in [4.69, 9.17) is 0 Å². The summed E-state index contributed by atoms with van der Waals surface area (Å²) in [4.78, 5) is 14.3. The second-order valence-corrected chi connectivity index (χ2v) is 5.83. The maximum absolute atomic E-state index is 13.1. The van der Waals surface area contributed by atoms with Crippen molar-refractivity contribution in [2.24, 2.45) is 0 Å². The standard InChI is InChI=1S/C17H20FN3O/c1-20-11-15-6-3-7-21(15)12-16(20)10-19-17(22)9-13-4-2-5-14(18)8-13/h2-8,16H,9-12H2,1H3,(H,19,22). The van der Waals surface area contributed by atoms with Crippen molar-refractivity contribution in [3.05, 3.63) is 59.7 Å². The highest BCUT2D eigenvalue weighted by atomic mass is 19.1. The van der Waals surface area contributed by atoms with Crippen molar-refractivity contribution in [1.82, 2.24) is 14.8 Å². The van der Waals surface area contributed by atoms with Crippen LogP contribution >= 0.6 is 0 Å². The number of hydrogen-bond acceptors (Lipinski definition) is 2. The van der Waals surface area contributed by atoms with E-state index >= 15 is 0 Å². The van der Waals surface area contributed by atoms with Gasteiger partial charge in [0.25, 0.3) is 0 Å². The van der Waals surface area contributed by atoms with Crippen molar-refractivity contribution in [1.29, 1.82) is 0 Å². The van der Waals surface area contributed by atoms with E-state index in [1.165, 1.54) is 17.8 Å². The van der Waals surface area contributed by atoms with Gasteiger partial charge in [0.05, 0.1) is 6.42 Å². The molecule has 1 unspecified atom stereocenters. The van der Waals surface area contributed by atoms with Crippen LogP contribution in [-0.4, -0.2) is 35.0 Å². The average molecular weight is 301 g/mol. The number of carbonyl (C=O) groups is 1. The fraction of sp³-hybridized carbons (Fsp3) is 0.353. The first-order valence-electron chi connectivity index (χ1n) is 7.47. The molecule has 4 nitrogen and oxygen atoms in total. The Balaban J connectivity index is 1.53. The minimum absolute atomic E-state index is 0.0719. The number of carbonyl (C=O) groups excluding carboxylic acids is 1. The van der Waals surface area contributed by atoms with Gasteiger partial charge < -0.3 is 9.88 Å². The molecule has 0 fully saturated rings. The van der Waals surface area contributed by atoms with Crippen molar-refractivity contribution in [3.8, 4) is 0 Å². The van der Waals surface area contributed by atoms with Crippen LogP contribution in [0.4, 0.5) is 4.39 Å². The van der Waals surface area contributed by atoms with Gasteiger partial charge in [0, 0.05) is 37.6 Å². The third-order valence-corrected chi connectivity index (χ3v) is 4.15. The van der Waals surface area contributed by atoms with Crippen molar-refractivity contribution in [3.63, 3.8) is 0 Å². The summed E-state index contributed by atoms with van der Waals surface area (Å²) in [5, 5.41) is 2.96. The molecule has 1 aromatic carbocycles. The van der Waals surface area contributed by atoms with Crippen LogP contribution in [-0.2, 0) is 24.3 Å². The summed E-state index contributed by atoms with van der Waals surface area (Å²) < 4.78 is 15.3. The highest BCUT2D eigenvalue weighted by Crippen LogP contribution is 2.16. The molecule has 0 saturated heterocycles. The molecule has 1 aliphatic heterocycles. The first-order chi connectivity index (χ1) is 10.6. The second kappa shape index (κ2) is 6.32. The highest BCUT2D eigenvalue weighted by Gasteiger charge is 2.22. The molecule has 0 aliphatic carbocycles. The number of halogens is 1. The van der Waals surface area contributed by atoms with E-state index in [-0.39, 0.29) is 24.2 Å². The van der Waals surface area contributed by atoms with Crippen molar-refractivity contribution in [2.75, 3.05) is 13.6 Å². The Morgan fingerprint density at radius 2 is 2.23 bits per heavy atom. The molecule has 2 aromatic rings. The highest BCUT2D eigenvalue weighted by molar-refractivity contribution is 5.78. The molecule has 1 aliphatic rings. The van der Waals surface area contributed by atoms with Gasteiger partial charge in [-0.15, -0.1) is 0 Å². The summed E-state index contributed by atoms with van der Waals surface area (Å²) in [6.07, 6.45) is 2.28. The molecular weight excluding hydrogens is 281 g/mol. The number of rotatable bonds is 4. The second-order valence-electron chi connectivity index (χ2n) is 5.83. The first-order valence-corrected chi connectivity index (χ1v) is 7.47. The van der Waals surface area contributed by atoms with Crippen molar-refractivity contribution < 1.29 is 9.18 Å². The van der Waals surface area contributed by atoms with Gasteiger partial charge in [-0.1, -0.05) is 12.1 Å². The van der Waals surface area contributed by atoms with E-state index in [1.54, 1.807) is 12.1 Å². The van der Waals surface area contributed by atoms with E-state index in [2.05, 4.69) is 34.1 Å². The van der Waals surface area contributed by atoms with E-state index in [9.17, 15) is 9.18 Å². The number of nitrogens with zero attached hydrogens (tertiary/aromatic N) is 2. The molecule has 22 heavy (non-hydrogen) atoms. The lowest BCUT2D eigenvalue weighted by Gasteiger charge is -2.34. The predicted molar refractivity (Wildman–Crippen MR) is 82.8 cm³/mol. The van der Waals surface area contributed by atoms with Gasteiger partial charge in [0.2, 0.25) is 5.91 Å². The van der Waals surface area contributed by atoms with Gasteiger partial charge in [-0.05, 0) is 36.9 Å². The summed E-state index contributed by atoms with van der Waals surface area (Å²) in [7, 11) is 2.07. The Kier molecular flexibility index (Phi) is 4.24. The number of amides is 1. The van der Waals surface area contributed by atoms with Crippen LogP contribution in [0.1, 0.15) is 11.3 Å². The molecule has 1 aromatic heterocycles. The monoisotopic (exact) mass is 301 g/mol. The number of likely N-dealkylation sites (N-methyl/N-ethyl adjacent to an activating group) is 1. The number of aromatic nitrogens is 1. The summed E-state index contributed by atoms with van der Waals surface area (Å²) >= 11 is 0. The Bertz CT molecular complexity index is 667. The zero-order valence-corrected chi connectivity index (χ0v) is 12.6. The quantitative estimate of drug-likeness (QED) is 0.935. The molecule has 1 amide bonds. The van der Waals surface area contributed by atoms with Gasteiger partial charge in [-0.3, -0.25) is 9.69 Å². The third kappa shape index (κ3) is 3.36. The lowest BCUT2D eigenvalue weighted by molar-refractivity contribution is -0.120. The average Bonchev–Trinajstić information content (AvgIpc) is 2.92. The first kappa shape index (κ1) is 14.8. The minimum Gasteiger partial charge on any atom is -0.354 e. The molecule has 0 bridgehead atoms. The summed E-state index contributed by atoms with van der Waals surface area (Å²) in [6, 6.07) is 10.6. The zero-order valence-electron chi connectivity index (χ0n) is 12.6. The molecule has 0 spiro atoms. The molecular formula is C17H20FN3O. The molecule has 0 radical (unpaired) electrons. The molecule has 3 rings (SSSR count). The molecule has 1 atom stereocenters. The van der Waals surface area contributed by atoms with Gasteiger partial charge in [-0.2, -0.15) is 0 Å². The third-order valence-electron chi connectivity index (χ3n) is 4.15. The predicted octanol–water partition coefficient (Wildman–Crippen LogP) is 1.80. The van der Waals surface area contributed by atoms with Gasteiger partial charge in [0.1, 0.15) is 5.82 Å². The number of benzene rings is 1. The van der Waals surface area contributed by atoms with Gasteiger partial charge >= 0.3 is 0 Å². The normalized spacial score (nSPS) is 18.0. The van der Waals surface area contributed by atoms with Crippen molar-refractivity contribution >= 4 is 5.91 Å². The molecule has 0 saturated carbocycles. The van der Waals surface area contributed by atoms with E-state index in [1.807, 2.05) is 6.07 Å². The van der Waals surface area contributed by atoms with Crippen LogP contribution in [0.2, 0.25) is 0 Å². The van der Waals surface area contributed by atoms with E-state index in [0.717, 1.165) is 13.1 Å². The number of fused-ring (bicyclic) bond motifs is 1. The summed E-state index contributed by atoms with van der Waals surface area (Å²) in [5.41, 5.74) is 1.99. The Hall–Kier alpha value is -2.14. The van der Waals surface area contributed by atoms with Crippen LogP contribution in [0, 0.1) is 5.82 Å². The van der Waals surface area contributed by atoms with Crippen LogP contribution < -0.4 is 5.32 Å². The van der Waals surface area contributed by atoms with Crippen LogP contribution in [0.25, 0.3) is 0 Å². The van der Waals surface area contributed by atoms with E-state index < -0.39 is 0 Å². The maximum atomic E-state index is 13.1. The van der Waals surface area contributed by atoms with Crippen LogP contribution in [0.3, 0.4) is 0 Å². The zero-order chi connectivity index (χ0) is 15.5. The van der Waals surface area contributed by atoms with Crippen LogP contribution in [0.15, 0.2) is 42.6 Å². The Labute approximate surface area is 129 Å². The van der Waals surface area contributed by atoms with Gasteiger partial charge in [0.15, 0.2) is 0 Å². The largest absolute Gasteiger partial charge is 0.354 e. The maximum Gasteiger partial charge on any atom is 0.224 e. The Morgan fingerprint density at radius 3 is 3.05 bits per heavy atom. The lowest BCUT2D eigenvalue weighted by atomic mass is 10.1. The summed E-state index contributed by atoms with van der Waals surface area (Å²) in [6.45, 7) is 2.36. The lowest BCUT2D eigenvalue weighted by Crippen LogP contribution is -2.47. The Morgan fingerprint density at radius 1 is 1.36 bits per heavy atom.